The van der Waals surface area contributed by atoms with Crippen LogP contribution in [0.15, 0.2) is 40.9 Å². The predicted molar refractivity (Wildman–Crippen MR) is 71.0 cm³/mol. The summed E-state index contributed by atoms with van der Waals surface area (Å²) < 4.78 is 5.16. The minimum absolute atomic E-state index is 0.161. The average molecular weight is 256 g/mol. The molecular weight excluding hydrogens is 240 g/mol. The maximum atomic E-state index is 11.9. The third-order valence-electron chi connectivity index (χ3n) is 3.28. The highest BCUT2D eigenvalue weighted by Crippen LogP contribution is 2.40. The van der Waals surface area contributed by atoms with Crippen LogP contribution in [0.2, 0.25) is 0 Å². The van der Waals surface area contributed by atoms with Crippen LogP contribution in [0.1, 0.15) is 40.6 Å². The van der Waals surface area contributed by atoms with Gasteiger partial charge in [0, 0.05) is 18.5 Å². The van der Waals surface area contributed by atoms with Crippen LogP contribution in [-0.4, -0.2) is 17.6 Å². The van der Waals surface area contributed by atoms with E-state index in [0.29, 0.717) is 18.2 Å². The first-order valence-corrected chi connectivity index (χ1v) is 6.61. The maximum absolute atomic E-state index is 11.9. The number of carbonyl (C=O) groups is 1. The molecule has 3 rings (SSSR count). The molecule has 4 nitrogen and oxygen atoms in total. The van der Waals surface area contributed by atoms with E-state index in [4.69, 9.17) is 4.52 Å². The zero-order valence-electron chi connectivity index (χ0n) is 10.6. The highest BCUT2D eigenvalue weighted by Gasteiger charge is 2.28. The molecule has 0 atom stereocenters. The molecule has 0 saturated heterocycles. The average Bonchev–Trinajstić information content (AvgIpc) is 3.17. The molecule has 1 fully saturated rings. The van der Waals surface area contributed by atoms with E-state index in [1.807, 2.05) is 30.3 Å². The van der Waals surface area contributed by atoms with E-state index in [1.54, 1.807) is 6.07 Å². The van der Waals surface area contributed by atoms with Gasteiger partial charge in [0.15, 0.2) is 5.69 Å². The van der Waals surface area contributed by atoms with Crippen molar-refractivity contribution in [1.29, 1.82) is 0 Å². The van der Waals surface area contributed by atoms with Crippen molar-refractivity contribution in [1.82, 2.24) is 10.5 Å². The van der Waals surface area contributed by atoms with Crippen LogP contribution in [0.25, 0.3) is 0 Å². The van der Waals surface area contributed by atoms with Crippen LogP contribution in [-0.2, 0) is 6.42 Å². The third kappa shape index (κ3) is 3.02. The fraction of sp³-hybridized carbons (Fsp3) is 0.333. The monoisotopic (exact) mass is 256 g/mol. The SMILES string of the molecule is O=C(NCCc1ccccc1)c1cc(C2CC2)on1. The van der Waals surface area contributed by atoms with Gasteiger partial charge in [-0.3, -0.25) is 4.79 Å². The highest BCUT2D eigenvalue weighted by molar-refractivity contribution is 5.92. The van der Waals surface area contributed by atoms with Crippen LogP contribution in [0.5, 0.6) is 0 Å². The van der Waals surface area contributed by atoms with Crippen molar-refractivity contribution in [3.8, 4) is 0 Å². The van der Waals surface area contributed by atoms with Crippen LogP contribution in [0.3, 0.4) is 0 Å². The zero-order chi connectivity index (χ0) is 13.1. The number of hydrogen-bond acceptors (Lipinski definition) is 3. The number of aromatic nitrogens is 1. The van der Waals surface area contributed by atoms with Crippen LogP contribution in [0.4, 0.5) is 0 Å². The second-order valence-electron chi connectivity index (χ2n) is 4.88. The van der Waals surface area contributed by atoms with E-state index in [2.05, 4.69) is 10.5 Å². The quantitative estimate of drug-likeness (QED) is 0.894. The first-order valence-electron chi connectivity index (χ1n) is 6.61. The van der Waals surface area contributed by atoms with Gasteiger partial charge in [-0.1, -0.05) is 35.5 Å². The number of carbonyl (C=O) groups excluding carboxylic acids is 1. The van der Waals surface area contributed by atoms with Crippen molar-refractivity contribution in [3.63, 3.8) is 0 Å². The summed E-state index contributed by atoms with van der Waals surface area (Å²) in [4.78, 5) is 11.9. The second-order valence-corrected chi connectivity index (χ2v) is 4.88. The molecule has 98 valence electrons. The molecule has 0 radical (unpaired) electrons. The number of nitrogens with one attached hydrogen (secondary N) is 1. The molecule has 4 heteroatoms. The standard InChI is InChI=1S/C15H16N2O2/c18-15(13-10-14(19-17-13)12-6-7-12)16-9-8-11-4-2-1-3-5-11/h1-5,10,12H,6-9H2,(H,16,18). The summed E-state index contributed by atoms with van der Waals surface area (Å²) in [5.74, 6) is 1.16. The molecule has 0 unspecified atom stereocenters. The fourth-order valence-corrected chi connectivity index (χ4v) is 2.01. The lowest BCUT2D eigenvalue weighted by atomic mass is 10.1. The molecule has 0 bridgehead atoms. The number of nitrogens with zero attached hydrogens (tertiary/aromatic N) is 1. The molecule has 1 heterocycles. The van der Waals surface area contributed by atoms with Gasteiger partial charge in [-0.2, -0.15) is 0 Å². The largest absolute Gasteiger partial charge is 0.360 e. The molecule has 1 amide bonds. The van der Waals surface area contributed by atoms with E-state index in [9.17, 15) is 4.79 Å². The molecule has 1 aromatic heterocycles. The Bertz CT molecular complexity index is 559. The Morgan fingerprint density at radius 1 is 1.32 bits per heavy atom. The lowest BCUT2D eigenvalue weighted by Crippen LogP contribution is -2.25. The summed E-state index contributed by atoms with van der Waals surface area (Å²) in [6, 6.07) is 11.8. The van der Waals surface area contributed by atoms with Gasteiger partial charge in [-0.05, 0) is 24.8 Å². The van der Waals surface area contributed by atoms with Gasteiger partial charge >= 0.3 is 0 Å². The van der Waals surface area contributed by atoms with E-state index in [-0.39, 0.29) is 5.91 Å². The van der Waals surface area contributed by atoms with E-state index in [0.717, 1.165) is 25.0 Å². The van der Waals surface area contributed by atoms with Crippen molar-refractivity contribution in [2.75, 3.05) is 6.54 Å². The minimum atomic E-state index is -0.161. The van der Waals surface area contributed by atoms with E-state index < -0.39 is 0 Å². The van der Waals surface area contributed by atoms with Crippen molar-refractivity contribution in [3.05, 3.63) is 53.4 Å². The van der Waals surface area contributed by atoms with Crippen LogP contribution < -0.4 is 5.32 Å². The Morgan fingerprint density at radius 3 is 2.84 bits per heavy atom. The van der Waals surface area contributed by atoms with Gasteiger partial charge in [0.25, 0.3) is 5.91 Å². The highest BCUT2D eigenvalue weighted by atomic mass is 16.5. The Kier molecular flexibility index (Phi) is 3.31. The summed E-state index contributed by atoms with van der Waals surface area (Å²) in [6.07, 6.45) is 3.11. The number of amides is 1. The molecule has 2 aromatic rings. The van der Waals surface area contributed by atoms with E-state index in [1.165, 1.54) is 5.56 Å². The molecular formula is C15H16N2O2. The number of hydrogen-bond donors (Lipinski definition) is 1. The Morgan fingerprint density at radius 2 is 2.11 bits per heavy atom. The van der Waals surface area contributed by atoms with Crippen molar-refractivity contribution < 1.29 is 9.32 Å². The molecule has 0 spiro atoms. The van der Waals surface area contributed by atoms with Crippen LogP contribution in [0, 0.1) is 0 Å². The molecule has 1 aliphatic carbocycles. The number of benzene rings is 1. The molecule has 1 N–H and O–H groups in total. The maximum Gasteiger partial charge on any atom is 0.273 e. The molecule has 19 heavy (non-hydrogen) atoms. The summed E-state index contributed by atoms with van der Waals surface area (Å²) in [7, 11) is 0. The fourth-order valence-electron chi connectivity index (χ4n) is 2.01. The normalized spacial score (nSPS) is 14.3. The van der Waals surface area contributed by atoms with Crippen molar-refractivity contribution in [2.45, 2.75) is 25.2 Å². The summed E-state index contributed by atoms with van der Waals surface area (Å²) in [5, 5.41) is 6.67. The molecule has 1 saturated carbocycles. The minimum Gasteiger partial charge on any atom is -0.360 e. The first-order chi connectivity index (χ1) is 9.33. The van der Waals surface area contributed by atoms with Gasteiger partial charge in [0.05, 0.1) is 0 Å². The lowest BCUT2D eigenvalue weighted by molar-refractivity contribution is 0.0945. The Balaban J connectivity index is 1.50. The topological polar surface area (TPSA) is 55.1 Å². The number of rotatable bonds is 5. The van der Waals surface area contributed by atoms with Crippen molar-refractivity contribution >= 4 is 5.91 Å². The van der Waals surface area contributed by atoms with Gasteiger partial charge in [0.1, 0.15) is 5.76 Å². The molecule has 1 aliphatic rings. The van der Waals surface area contributed by atoms with Gasteiger partial charge in [0.2, 0.25) is 0 Å². The van der Waals surface area contributed by atoms with Crippen LogP contribution >= 0.6 is 0 Å². The van der Waals surface area contributed by atoms with E-state index >= 15 is 0 Å². The molecule has 1 aromatic carbocycles. The van der Waals surface area contributed by atoms with Gasteiger partial charge in [-0.25, -0.2) is 0 Å². The Labute approximate surface area is 111 Å². The first kappa shape index (κ1) is 12.0. The van der Waals surface area contributed by atoms with Gasteiger partial charge in [-0.15, -0.1) is 0 Å². The summed E-state index contributed by atoms with van der Waals surface area (Å²) in [5.41, 5.74) is 1.59. The van der Waals surface area contributed by atoms with Gasteiger partial charge < -0.3 is 9.84 Å². The lowest BCUT2D eigenvalue weighted by Gasteiger charge is -2.02. The smallest absolute Gasteiger partial charge is 0.273 e. The van der Waals surface area contributed by atoms with Crippen molar-refractivity contribution in [2.24, 2.45) is 0 Å². The third-order valence-corrected chi connectivity index (χ3v) is 3.28. The second kappa shape index (κ2) is 5.26. The molecule has 0 aliphatic heterocycles. The zero-order valence-corrected chi connectivity index (χ0v) is 10.6. The predicted octanol–water partition coefficient (Wildman–Crippen LogP) is 2.52. The Hall–Kier alpha value is -2.10. The summed E-state index contributed by atoms with van der Waals surface area (Å²) in [6.45, 7) is 0.606. The summed E-state index contributed by atoms with van der Waals surface area (Å²) >= 11 is 0.